The van der Waals surface area contributed by atoms with Gasteiger partial charge >= 0.3 is 0 Å². The Labute approximate surface area is 143 Å². The van der Waals surface area contributed by atoms with Crippen molar-refractivity contribution >= 4 is 27.9 Å². The fourth-order valence-electron chi connectivity index (χ4n) is 2.54. The molecule has 0 bridgehead atoms. The van der Waals surface area contributed by atoms with Crippen LogP contribution in [0.15, 0.2) is 66.4 Å². The van der Waals surface area contributed by atoms with Crippen molar-refractivity contribution in [3.8, 4) is 21.9 Å². The zero-order valence-electron chi connectivity index (χ0n) is 13.1. The van der Waals surface area contributed by atoms with Crippen molar-refractivity contribution < 1.29 is 4.74 Å². The molecule has 0 radical (unpaired) electrons. The van der Waals surface area contributed by atoms with E-state index in [0.717, 1.165) is 38.5 Å². The van der Waals surface area contributed by atoms with Crippen molar-refractivity contribution in [3.63, 3.8) is 0 Å². The molecule has 118 valence electrons. The van der Waals surface area contributed by atoms with Crippen LogP contribution >= 0.6 is 11.3 Å². The van der Waals surface area contributed by atoms with Crippen LogP contribution in [0, 0.1) is 0 Å². The lowest BCUT2D eigenvalue weighted by Crippen LogP contribution is -1.90. The van der Waals surface area contributed by atoms with Crippen molar-refractivity contribution in [1.29, 1.82) is 0 Å². The maximum atomic E-state index is 6.04. The smallest absolute Gasteiger partial charge is 0.138 e. The first kappa shape index (κ1) is 14.7. The van der Waals surface area contributed by atoms with Gasteiger partial charge in [-0.2, -0.15) is 0 Å². The highest BCUT2D eigenvalue weighted by atomic mass is 32.1. The van der Waals surface area contributed by atoms with Gasteiger partial charge in [-0.1, -0.05) is 6.07 Å². The van der Waals surface area contributed by atoms with E-state index < -0.39 is 0 Å². The topological polar surface area (TPSA) is 47.0 Å². The highest BCUT2D eigenvalue weighted by molar-refractivity contribution is 7.13. The molecule has 0 amide bonds. The quantitative estimate of drug-likeness (QED) is 0.558. The Morgan fingerprint density at radius 3 is 2.67 bits per heavy atom. The van der Waals surface area contributed by atoms with Crippen molar-refractivity contribution in [2.45, 2.75) is 0 Å². The number of hydrogen-bond acceptors (Lipinski definition) is 5. The van der Waals surface area contributed by atoms with Crippen LogP contribution in [0.25, 0.3) is 21.3 Å². The molecule has 4 nitrogen and oxygen atoms in total. The molecule has 4 aromatic rings. The van der Waals surface area contributed by atoms with E-state index >= 15 is 0 Å². The van der Waals surface area contributed by atoms with Gasteiger partial charge in [-0.3, -0.25) is 9.97 Å². The lowest BCUT2D eigenvalue weighted by molar-refractivity contribution is 0.488. The average Bonchev–Trinajstić information content (AvgIpc) is 3.17. The molecule has 2 aromatic heterocycles. The molecular formula is C19H15N3OS. The Hall–Kier alpha value is -2.92. The Morgan fingerprint density at radius 2 is 1.92 bits per heavy atom. The van der Waals surface area contributed by atoms with E-state index in [-0.39, 0.29) is 0 Å². The van der Waals surface area contributed by atoms with Crippen LogP contribution in [-0.4, -0.2) is 17.0 Å². The summed E-state index contributed by atoms with van der Waals surface area (Å²) in [6.45, 7) is 0. The second kappa shape index (κ2) is 6.29. The molecule has 2 aromatic carbocycles. The molecule has 0 unspecified atom stereocenters. The van der Waals surface area contributed by atoms with Gasteiger partial charge in [0.1, 0.15) is 11.5 Å². The molecule has 4 rings (SSSR count). The summed E-state index contributed by atoms with van der Waals surface area (Å²) >= 11 is 1.62. The van der Waals surface area contributed by atoms with Gasteiger partial charge in [-0.05, 0) is 48.0 Å². The fourth-order valence-corrected chi connectivity index (χ4v) is 3.16. The molecule has 0 aliphatic carbocycles. The summed E-state index contributed by atoms with van der Waals surface area (Å²) in [6.07, 6.45) is 3.64. The Balaban J connectivity index is 1.70. The van der Waals surface area contributed by atoms with Gasteiger partial charge < -0.3 is 10.1 Å². The largest absolute Gasteiger partial charge is 0.457 e. The molecule has 0 saturated carbocycles. The standard InChI is InChI=1S/C19H15N3OS/c1-20-14-3-5-15(6-4-14)23-18-8-9-22-17-10-13(2-7-16(17)18)19-11-21-12-24-19/h2-12,20H,1H3. The Bertz CT molecular complexity index is 966. The molecule has 0 fully saturated rings. The molecule has 5 heteroatoms. The van der Waals surface area contributed by atoms with Crippen LogP contribution in [0.2, 0.25) is 0 Å². The number of ether oxygens (including phenoxy) is 1. The number of benzene rings is 2. The van der Waals surface area contributed by atoms with Gasteiger partial charge in [0.2, 0.25) is 0 Å². The lowest BCUT2D eigenvalue weighted by atomic mass is 10.1. The first-order valence-corrected chi connectivity index (χ1v) is 8.45. The first-order chi connectivity index (χ1) is 11.8. The van der Waals surface area contributed by atoms with E-state index in [1.54, 1.807) is 17.5 Å². The molecule has 24 heavy (non-hydrogen) atoms. The van der Waals surface area contributed by atoms with Crippen LogP contribution in [0.5, 0.6) is 11.5 Å². The van der Waals surface area contributed by atoms with Gasteiger partial charge in [-0.25, -0.2) is 0 Å². The third-order valence-electron chi connectivity index (χ3n) is 3.79. The van der Waals surface area contributed by atoms with Crippen molar-refractivity contribution in [3.05, 3.63) is 66.4 Å². The maximum Gasteiger partial charge on any atom is 0.138 e. The van der Waals surface area contributed by atoms with E-state index in [9.17, 15) is 0 Å². The number of pyridine rings is 1. The minimum absolute atomic E-state index is 0.799. The van der Waals surface area contributed by atoms with E-state index in [2.05, 4.69) is 33.5 Å². The molecule has 0 atom stereocenters. The number of hydrogen-bond donors (Lipinski definition) is 1. The number of thiazole rings is 1. The lowest BCUT2D eigenvalue weighted by Gasteiger charge is -2.10. The van der Waals surface area contributed by atoms with Crippen LogP contribution < -0.4 is 10.1 Å². The summed E-state index contributed by atoms with van der Waals surface area (Å²) in [5.74, 6) is 1.60. The van der Waals surface area contributed by atoms with Crippen LogP contribution in [0.4, 0.5) is 5.69 Å². The monoisotopic (exact) mass is 333 g/mol. The Morgan fingerprint density at radius 1 is 1.04 bits per heavy atom. The van der Waals surface area contributed by atoms with Crippen molar-refractivity contribution in [1.82, 2.24) is 9.97 Å². The summed E-state index contributed by atoms with van der Waals surface area (Å²) in [5.41, 5.74) is 4.91. The average molecular weight is 333 g/mol. The maximum absolute atomic E-state index is 6.04. The normalized spacial score (nSPS) is 10.7. The minimum Gasteiger partial charge on any atom is -0.457 e. The van der Waals surface area contributed by atoms with E-state index in [1.807, 2.05) is 49.1 Å². The van der Waals surface area contributed by atoms with Crippen LogP contribution in [0.3, 0.4) is 0 Å². The molecule has 1 N–H and O–H groups in total. The van der Waals surface area contributed by atoms with Gasteiger partial charge in [0.15, 0.2) is 0 Å². The van der Waals surface area contributed by atoms with Crippen molar-refractivity contribution in [2.24, 2.45) is 0 Å². The number of nitrogens with zero attached hydrogens (tertiary/aromatic N) is 2. The molecule has 2 heterocycles. The summed E-state index contributed by atoms with van der Waals surface area (Å²) in [6, 6.07) is 16.0. The zero-order chi connectivity index (χ0) is 16.4. The minimum atomic E-state index is 0.799. The molecule has 0 aliphatic rings. The number of fused-ring (bicyclic) bond motifs is 1. The van der Waals surface area contributed by atoms with Crippen molar-refractivity contribution in [2.75, 3.05) is 12.4 Å². The number of nitrogens with one attached hydrogen (secondary N) is 1. The zero-order valence-corrected chi connectivity index (χ0v) is 13.9. The number of anilines is 1. The second-order valence-electron chi connectivity index (χ2n) is 5.28. The van der Waals surface area contributed by atoms with Gasteiger partial charge in [0.05, 0.1) is 15.9 Å². The Kier molecular flexibility index (Phi) is 3.84. The third-order valence-corrected chi connectivity index (χ3v) is 4.61. The molecular weight excluding hydrogens is 318 g/mol. The molecule has 0 aliphatic heterocycles. The predicted octanol–water partition coefficient (Wildman–Crippen LogP) is 5.19. The fraction of sp³-hybridized carbons (Fsp3) is 0.0526. The predicted molar refractivity (Wildman–Crippen MR) is 98.9 cm³/mol. The van der Waals surface area contributed by atoms with Crippen LogP contribution in [-0.2, 0) is 0 Å². The molecule has 0 saturated heterocycles. The summed E-state index contributed by atoms with van der Waals surface area (Å²) in [7, 11) is 1.90. The molecule has 0 spiro atoms. The summed E-state index contributed by atoms with van der Waals surface area (Å²) < 4.78 is 6.04. The van der Waals surface area contributed by atoms with Crippen LogP contribution in [0.1, 0.15) is 0 Å². The second-order valence-corrected chi connectivity index (χ2v) is 6.17. The summed E-state index contributed by atoms with van der Waals surface area (Å²) in [5, 5.41) is 4.09. The van der Waals surface area contributed by atoms with E-state index in [4.69, 9.17) is 4.74 Å². The highest BCUT2D eigenvalue weighted by Gasteiger charge is 2.07. The first-order valence-electron chi connectivity index (χ1n) is 7.57. The van der Waals surface area contributed by atoms with Gasteiger partial charge in [0, 0.05) is 30.5 Å². The van der Waals surface area contributed by atoms with E-state index in [0.29, 0.717) is 0 Å². The highest BCUT2D eigenvalue weighted by Crippen LogP contribution is 2.32. The number of aromatic nitrogens is 2. The SMILES string of the molecule is CNc1ccc(Oc2ccnc3cc(-c4cncs4)ccc23)cc1. The summed E-state index contributed by atoms with van der Waals surface area (Å²) in [4.78, 5) is 9.74. The van der Waals surface area contributed by atoms with Gasteiger partial charge in [-0.15, -0.1) is 11.3 Å². The third kappa shape index (κ3) is 2.81. The number of rotatable bonds is 4. The van der Waals surface area contributed by atoms with Gasteiger partial charge in [0.25, 0.3) is 0 Å². The van der Waals surface area contributed by atoms with E-state index in [1.165, 1.54) is 0 Å².